The van der Waals surface area contributed by atoms with Crippen molar-refractivity contribution >= 4 is 5.91 Å². The highest BCUT2D eigenvalue weighted by atomic mass is 16.5. The van der Waals surface area contributed by atoms with E-state index in [0.29, 0.717) is 32.2 Å². The average Bonchev–Trinajstić information content (AvgIpc) is 2.25. The van der Waals surface area contributed by atoms with Crippen molar-refractivity contribution in [1.82, 2.24) is 10.6 Å². The predicted molar refractivity (Wildman–Crippen MR) is 60.4 cm³/mol. The van der Waals surface area contributed by atoms with E-state index in [2.05, 4.69) is 23.5 Å². The molecule has 0 aliphatic carbocycles. The Hall–Kier alpha value is -1.05. The van der Waals surface area contributed by atoms with E-state index in [1.807, 2.05) is 0 Å². The number of terminal acetylenes is 1. The van der Waals surface area contributed by atoms with E-state index in [0.717, 1.165) is 6.42 Å². The molecule has 0 rings (SSSR count). The Bertz CT molecular complexity index is 211. The van der Waals surface area contributed by atoms with Gasteiger partial charge in [-0.1, -0.05) is 12.8 Å². The Balaban J connectivity index is 3.50. The van der Waals surface area contributed by atoms with E-state index in [4.69, 9.17) is 11.2 Å². The molecule has 0 aromatic heterocycles. The van der Waals surface area contributed by atoms with Gasteiger partial charge in [0.15, 0.2) is 0 Å². The van der Waals surface area contributed by atoms with Crippen molar-refractivity contribution in [2.45, 2.75) is 25.8 Å². The monoisotopic (exact) mass is 212 g/mol. The third-order valence-corrected chi connectivity index (χ3v) is 2.03. The molecule has 0 aromatic rings. The van der Waals surface area contributed by atoms with Crippen molar-refractivity contribution in [3.63, 3.8) is 0 Å². The summed E-state index contributed by atoms with van der Waals surface area (Å²) in [6.45, 7) is 3.70. The van der Waals surface area contributed by atoms with Crippen molar-refractivity contribution in [1.29, 1.82) is 0 Å². The van der Waals surface area contributed by atoms with Gasteiger partial charge in [-0.05, 0) is 6.42 Å². The molecule has 0 heterocycles. The van der Waals surface area contributed by atoms with Gasteiger partial charge in [-0.2, -0.15) is 0 Å². The van der Waals surface area contributed by atoms with Gasteiger partial charge in [0.05, 0.1) is 13.2 Å². The molecule has 15 heavy (non-hydrogen) atoms. The number of carbonyl (C=O) groups is 1. The van der Waals surface area contributed by atoms with Gasteiger partial charge in [-0.3, -0.25) is 4.79 Å². The minimum atomic E-state index is -0.0206. The van der Waals surface area contributed by atoms with Gasteiger partial charge in [0.2, 0.25) is 5.91 Å². The second-order valence-electron chi connectivity index (χ2n) is 3.25. The average molecular weight is 212 g/mol. The summed E-state index contributed by atoms with van der Waals surface area (Å²) >= 11 is 0. The molecule has 0 radical (unpaired) electrons. The van der Waals surface area contributed by atoms with Crippen LogP contribution < -0.4 is 10.6 Å². The lowest BCUT2D eigenvalue weighted by Crippen LogP contribution is -2.36. The highest BCUT2D eigenvalue weighted by molar-refractivity contribution is 5.76. The van der Waals surface area contributed by atoms with Crippen LogP contribution in [0.1, 0.15) is 19.8 Å². The fourth-order valence-corrected chi connectivity index (χ4v) is 1.15. The fourth-order valence-electron chi connectivity index (χ4n) is 1.15. The maximum atomic E-state index is 11.2. The van der Waals surface area contributed by atoms with Crippen molar-refractivity contribution in [3.8, 4) is 12.3 Å². The van der Waals surface area contributed by atoms with E-state index in [1.165, 1.54) is 0 Å². The van der Waals surface area contributed by atoms with Crippen LogP contribution >= 0.6 is 0 Å². The standard InChI is InChI=1S/C11H20N2O2/c1-4-7-13-11(14)6-8-12-10(5-2)9-15-3/h1,10,12H,5-9H2,2-3H3,(H,13,14). The summed E-state index contributed by atoms with van der Waals surface area (Å²) in [6, 6.07) is 0.315. The zero-order valence-corrected chi connectivity index (χ0v) is 9.51. The smallest absolute Gasteiger partial charge is 0.222 e. The van der Waals surface area contributed by atoms with Crippen molar-refractivity contribution in [3.05, 3.63) is 0 Å². The molecule has 1 atom stereocenters. The number of hydrogen-bond acceptors (Lipinski definition) is 3. The molecule has 86 valence electrons. The number of carbonyl (C=O) groups excluding carboxylic acids is 1. The predicted octanol–water partition coefficient (Wildman–Crippen LogP) is 0.141. The van der Waals surface area contributed by atoms with Gasteiger partial charge in [0.1, 0.15) is 0 Å². The molecule has 0 fully saturated rings. The molecule has 2 N–H and O–H groups in total. The normalized spacial score (nSPS) is 11.8. The molecule has 0 bridgehead atoms. The first-order valence-electron chi connectivity index (χ1n) is 5.17. The summed E-state index contributed by atoms with van der Waals surface area (Å²) in [6.07, 6.45) is 6.45. The Labute approximate surface area is 91.8 Å². The highest BCUT2D eigenvalue weighted by Crippen LogP contribution is 1.91. The van der Waals surface area contributed by atoms with E-state index >= 15 is 0 Å². The van der Waals surface area contributed by atoms with E-state index in [-0.39, 0.29) is 5.91 Å². The summed E-state index contributed by atoms with van der Waals surface area (Å²) in [5, 5.41) is 5.85. The number of ether oxygens (including phenoxy) is 1. The molecule has 0 saturated heterocycles. The second kappa shape index (κ2) is 9.50. The van der Waals surface area contributed by atoms with E-state index in [1.54, 1.807) is 7.11 Å². The van der Waals surface area contributed by atoms with Gasteiger partial charge in [-0.15, -0.1) is 6.42 Å². The quantitative estimate of drug-likeness (QED) is 0.563. The first kappa shape index (κ1) is 13.9. The van der Waals surface area contributed by atoms with Gasteiger partial charge in [0, 0.05) is 26.1 Å². The third kappa shape index (κ3) is 7.98. The van der Waals surface area contributed by atoms with Crippen LogP contribution in [-0.4, -0.2) is 38.8 Å². The zero-order chi connectivity index (χ0) is 11.5. The van der Waals surface area contributed by atoms with Crippen LogP contribution in [0.4, 0.5) is 0 Å². The van der Waals surface area contributed by atoms with Gasteiger partial charge < -0.3 is 15.4 Å². The number of nitrogens with one attached hydrogen (secondary N) is 2. The highest BCUT2D eigenvalue weighted by Gasteiger charge is 2.05. The van der Waals surface area contributed by atoms with Crippen molar-refractivity contribution in [2.24, 2.45) is 0 Å². The van der Waals surface area contributed by atoms with Crippen molar-refractivity contribution in [2.75, 3.05) is 26.8 Å². The van der Waals surface area contributed by atoms with Crippen LogP contribution in [-0.2, 0) is 9.53 Å². The Morgan fingerprint density at radius 1 is 1.60 bits per heavy atom. The second-order valence-corrected chi connectivity index (χ2v) is 3.25. The van der Waals surface area contributed by atoms with Gasteiger partial charge in [-0.25, -0.2) is 0 Å². The maximum Gasteiger partial charge on any atom is 0.222 e. The number of rotatable bonds is 8. The van der Waals surface area contributed by atoms with Crippen LogP contribution in [0.2, 0.25) is 0 Å². The van der Waals surface area contributed by atoms with Crippen LogP contribution in [0, 0.1) is 12.3 Å². The largest absolute Gasteiger partial charge is 0.383 e. The summed E-state index contributed by atoms with van der Waals surface area (Å²) < 4.78 is 5.03. The lowest BCUT2D eigenvalue weighted by atomic mass is 10.2. The van der Waals surface area contributed by atoms with Crippen LogP contribution in [0.5, 0.6) is 0 Å². The molecule has 0 spiro atoms. The summed E-state index contributed by atoms with van der Waals surface area (Å²) in [4.78, 5) is 11.2. The van der Waals surface area contributed by atoms with Gasteiger partial charge in [0.25, 0.3) is 0 Å². The van der Waals surface area contributed by atoms with Crippen molar-refractivity contribution < 1.29 is 9.53 Å². The fraction of sp³-hybridized carbons (Fsp3) is 0.727. The SMILES string of the molecule is C#CCNC(=O)CCNC(CC)COC. The lowest BCUT2D eigenvalue weighted by molar-refractivity contribution is -0.120. The molecule has 0 aliphatic rings. The summed E-state index contributed by atoms with van der Waals surface area (Å²) in [7, 11) is 1.67. The first-order chi connectivity index (χ1) is 7.24. The maximum absolute atomic E-state index is 11.2. The molecule has 0 aliphatic heterocycles. The first-order valence-corrected chi connectivity index (χ1v) is 5.17. The molecule has 1 unspecified atom stereocenters. The van der Waals surface area contributed by atoms with Crippen LogP contribution in [0.15, 0.2) is 0 Å². The number of hydrogen-bond donors (Lipinski definition) is 2. The van der Waals surface area contributed by atoms with Crippen LogP contribution in [0.3, 0.4) is 0 Å². The lowest BCUT2D eigenvalue weighted by Gasteiger charge is -2.15. The summed E-state index contributed by atoms with van der Waals surface area (Å²) in [5.41, 5.74) is 0. The van der Waals surface area contributed by atoms with Crippen LogP contribution in [0.25, 0.3) is 0 Å². The molecule has 4 heteroatoms. The number of methoxy groups -OCH3 is 1. The van der Waals surface area contributed by atoms with E-state index < -0.39 is 0 Å². The molecule has 4 nitrogen and oxygen atoms in total. The minimum Gasteiger partial charge on any atom is -0.383 e. The Morgan fingerprint density at radius 2 is 2.33 bits per heavy atom. The van der Waals surface area contributed by atoms with E-state index in [9.17, 15) is 4.79 Å². The Morgan fingerprint density at radius 3 is 2.87 bits per heavy atom. The third-order valence-electron chi connectivity index (χ3n) is 2.03. The molecule has 0 aromatic carbocycles. The minimum absolute atomic E-state index is 0.0206. The molecular weight excluding hydrogens is 192 g/mol. The molecule has 1 amide bonds. The zero-order valence-electron chi connectivity index (χ0n) is 9.51. The molecular formula is C11H20N2O2. The summed E-state index contributed by atoms with van der Waals surface area (Å²) in [5.74, 6) is 2.34. The topological polar surface area (TPSA) is 50.4 Å². The number of amides is 1. The molecule has 0 saturated carbocycles. The van der Waals surface area contributed by atoms with Gasteiger partial charge >= 0.3 is 0 Å². The Kier molecular flexibility index (Phi) is 8.84.